The lowest BCUT2D eigenvalue weighted by Gasteiger charge is -2.12. The Morgan fingerprint density at radius 1 is 0.879 bits per heavy atom. The Morgan fingerprint density at radius 2 is 1.58 bits per heavy atom. The summed E-state index contributed by atoms with van der Waals surface area (Å²) in [5, 5.41) is 7.06. The summed E-state index contributed by atoms with van der Waals surface area (Å²) in [5.41, 5.74) is 4.18. The van der Waals surface area contributed by atoms with Crippen molar-refractivity contribution in [3.05, 3.63) is 82.4 Å². The van der Waals surface area contributed by atoms with Crippen molar-refractivity contribution >= 4 is 35.3 Å². The van der Waals surface area contributed by atoms with Gasteiger partial charge in [-0.25, -0.2) is 5.43 Å². The van der Waals surface area contributed by atoms with Gasteiger partial charge in [-0.15, -0.1) is 0 Å². The van der Waals surface area contributed by atoms with Crippen molar-refractivity contribution in [3.63, 3.8) is 0 Å². The Morgan fingerprint density at radius 3 is 2.21 bits per heavy atom. The summed E-state index contributed by atoms with van der Waals surface area (Å²) in [6, 6.07) is 16.6. The van der Waals surface area contributed by atoms with Gasteiger partial charge in [0.15, 0.2) is 11.5 Å². The Balaban J connectivity index is 1.70. The van der Waals surface area contributed by atoms with Crippen LogP contribution < -0.4 is 25.0 Å². The summed E-state index contributed by atoms with van der Waals surface area (Å²) in [6.07, 6.45) is 1.45. The van der Waals surface area contributed by atoms with E-state index in [0.717, 1.165) is 0 Å². The lowest BCUT2D eigenvalue weighted by atomic mass is 10.1. The summed E-state index contributed by atoms with van der Waals surface area (Å²) < 4.78 is 15.9. The highest BCUT2D eigenvalue weighted by molar-refractivity contribution is 6.34. The van der Waals surface area contributed by atoms with Gasteiger partial charge in [0.2, 0.25) is 5.75 Å². The summed E-state index contributed by atoms with van der Waals surface area (Å²) in [4.78, 5) is 25.0. The van der Waals surface area contributed by atoms with Crippen molar-refractivity contribution in [2.75, 3.05) is 26.6 Å². The van der Waals surface area contributed by atoms with Crippen molar-refractivity contribution in [3.8, 4) is 17.2 Å². The average Bonchev–Trinajstić information content (AvgIpc) is 2.83. The van der Waals surface area contributed by atoms with Gasteiger partial charge < -0.3 is 19.5 Å². The number of ether oxygens (including phenoxy) is 3. The maximum Gasteiger partial charge on any atom is 0.271 e. The first-order valence-electron chi connectivity index (χ1n) is 9.76. The van der Waals surface area contributed by atoms with E-state index in [0.29, 0.717) is 44.6 Å². The molecule has 2 N–H and O–H groups in total. The molecule has 0 aliphatic carbocycles. The van der Waals surface area contributed by atoms with E-state index in [9.17, 15) is 9.59 Å². The predicted molar refractivity (Wildman–Crippen MR) is 127 cm³/mol. The van der Waals surface area contributed by atoms with Crippen LogP contribution in [0, 0.1) is 0 Å². The maximum absolute atomic E-state index is 12.5. The zero-order valence-electron chi connectivity index (χ0n) is 18.2. The molecule has 9 heteroatoms. The number of carbonyl (C=O) groups is 2. The molecule has 3 aromatic rings. The van der Waals surface area contributed by atoms with Crippen LogP contribution in [-0.4, -0.2) is 39.4 Å². The number of halogens is 1. The number of nitrogens with zero attached hydrogens (tertiary/aromatic N) is 1. The molecule has 0 saturated carbocycles. The molecule has 3 aromatic carbocycles. The largest absolute Gasteiger partial charge is 0.493 e. The normalized spacial score (nSPS) is 10.5. The minimum absolute atomic E-state index is 0.314. The van der Waals surface area contributed by atoms with E-state index >= 15 is 0 Å². The smallest absolute Gasteiger partial charge is 0.271 e. The molecule has 0 heterocycles. The number of methoxy groups -OCH3 is 3. The molecule has 0 aliphatic heterocycles. The molecule has 33 heavy (non-hydrogen) atoms. The Hall–Kier alpha value is -4.04. The van der Waals surface area contributed by atoms with E-state index < -0.39 is 5.91 Å². The molecule has 170 valence electrons. The fraction of sp³-hybridized carbons (Fsp3) is 0.125. The highest BCUT2D eigenvalue weighted by Crippen LogP contribution is 2.37. The summed E-state index contributed by atoms with van der Waals surface area (Å²) in [6.45, 7) is 0. The lowest BCUT2D eigenvalue weighted by molar-refractivity contribution is 0.0953. The number of carbonyl (C=O) groups excluding carboxylic acids is 2. The van der Waals surface area contributed by atoms with Gasteiger partial charge in [0, 0.05) is 16.8 Å². The van der Waals surface area contributed by atoms with Gasteiger partial charge in [0.25, 0.3) is 11.8 Å². The van der Waals surface area contributed by atoms with Gasteiger partial charge in [0.1, 0.15) is 0 Å². The quantitative estimate of drug-likeness (QED) is 0.378. The first-order valence-corrected chi connectivity index (χ1v) is 10.1. The molecule has 0 radical (unpaired) electrons. The number of hydrazone groups is 1. The van der Waals surface area contributed by atoms with Gasteiger partial charge in [0.05, 0.1) is 38.1 Å². The first-order chi connectivity index (χ1) is 16.0. The molecule has 8 nitrogen and oxygen atoms in total. The maximum atomic E-state index is 12.5. The molecule has 0 saturated heterocycles. The van der Waals surface area contributed by atoms with E-state index in [1.807, 2.05) is 0 Å². The second-order valence-corrected chi connectivity index (χ2v) is 7.08. The molecule has 0 atom stereocenters. The predicted octanol–water partition coefficient (Wildman–Crippen LogP) is 4.38. The van der Waals surface area contributed by atoms with Crippen molar-refractivity contribution < 1.29 is 23.8 Å². The van der Waals surface area contributed by atoms with Crippen LogP contribution >= 0.6 is 11.6 Å². The Kier molecular flexibility index (Phi) is 7.88. The van der Waals surface area contributed by atoms with Crippen molar-refractivity contribution in [2.45, 2.75) is 0 Å². The van der Waals surface area contributed by atoms with Crippen LogP contribution in [0.3, 0.4) is 0 Å². The van der Waals surface area contributed by atoms with Crippen molar-refractivity contribution in [2.24, 2.45) is 5.10 Å². The van der Waals surface area contributed by atoms with E-state index in [2.05, 4.69) is 15.8 Å². The molecule has 0 unspecified atom stereocenters. The topological polar surface area (TPSA) is 98.2 Å². The molecule has 0 fully saturated rings. The molecular formula is C24H22ClN3O5. The second kappa shape index (κ2) is 11.0. The van der Waals surface area contributed by atoms with Crippen LogP contribution in [0.25, 0.3) is 0 Å². The molecule has 3 rings (SSSR count). The minimum Gasteiger partial charge on any atom is -0.493 e. The fourth-order valence-corrected chi connectivity index (χ4v) is 3.21. The van der Waals surface area contributed by atoms with Gasteiger partial charge in [-0.2, -0.15) is 5.10 Å². The van der Waals surface area contributed by atoms with E-state index in [4.69, 9.17) is 25.8 Å². The Bertz CT molecular complexity index is 1170. The molecule has 0 spiro atoms. The standard InChI is InChI=1S/C24H22ClN3O5/c1-31-20-11-15(12-21(32-2)22(20)33-3)14-26-28-23(29)16-7-6-8-17(13-16)27-24(30)18-9-4-5-10-19(18)25/h4-14H,1-3H3,(H,27,30)(H,28,29)/b26-14+. The number of amides is 2. The van der Waals surface area contributed by atoms with E-state index in [1.165, 1.54) is 27.5 Å². The third-order valence-corrected chi connectivity index (χ3v) is 4.90. The van der Waals surface area contributed by atoms with Gasteiger partial charge in [-0.05, 0) is 42.5 Å². The van der Waals surface area contributed by atoms with E-state index in [1.54, 1.807) is 60.7 Å². The monoisotopic (exact) mass is 467 g/mol. The van der Waals surface area contributed by atoms with Crippen molar-refractivity contribution in [1.82, 2.24) is 5.43 Å². The van der Waals surface area contributed by atoms with Crippen LogP contribution in [-0.2, 0) is 0 Å². The van der Waals surface area contributed by atoms with Crippen LogP contribution in [0.15, 0.2) is 65.8 Å². The zero-order valence-corrected chi connectivity index (χ0v) is 19.0. The van der Waals surface area contributed by atoms with Crippen LogP contribution in [0.5, 0.6) is 17.2 Å². The summed E-state index contributed by atoms with van der Waals surface area (Å²) in [5.74, 6) is 0.557. The Labute approximate surface area is 196 Å². The zero-order chi connectivity index (χ0) is 23.8. The van der Waals surface area contributed by atoms with Crippen LogP contribution in [0.4, 0.5) is 5.69 Å². The van der Waals surface area contributed by atoms with Crippen LogP contribution in [0.1, 0.15) is 26.3 Å². The van der Waals surface area contributed by atoms with E-state index in [-0.39, 0.29) is 5.91 Å². The number of nitrogens with one attached hydrogen (secondary N) is 2. The second-order valence-electron chi connectivity index (χ2n) is 6.67. The fourth-order valence-electron chi connectivity index (χ4n) is 2.99. The van der Waals surface area contributed by atoms with Crippen LogP contribution in [0.2, 0.25) is 5.02 Å². The van der Waals surface area contributed by atoms with Gasteiger partial charge >= 0.3 is 0 Å². The van der Waals surface area contributed by atoms with Gasteiger partial charge in [-0.1, -0.05) is 29.8 Å². The molecular weight excluding hydrogens is 446 g/mol. The first kappa shape index (κ1) is 23.6. The lowest BCUT2D eigenvalue weighted by Crippen LogP contribution is -2.18. The molecule has 0 aromatic heterocycles. The summed E-state index contributed by atoms with van der Waals surface area (Å²) in [7, 11) is 4.54. The molecule has 0 bridgehead atoms. The number of anilines is 1. The van der Waals surface area contributed by atoms with Crippen molar-refractivity contribution in [1.29, 1.82) is 0 Å². The summed E-state index contributed by atoms with van der Waals surface area (Å²) >= 11 is 6.07. The SMILES string of the molecule is COc1cc(/C=N/NC(=O)c2cccc(NC(=O)c3ccccc3Cl)c2)cc(OC)c1OC. The van der Waals surface area contributed by atoms with Gasteiger partial charge in [-0.3, -0.25) is 9.59 Å². The minimum atomic E-state index is -0.451. The molecule has 0 aliphatic rings. The number of hydrogen-bond donors (Lipinski definition) is 2. The number of hydrogen-bond acceptors (Lipinski definition) is 6. The third-order valence-electron chi connectivity index (χ3n) is 4.57. The highest BCUT2D eigenvalue weighted by atomic mass is 35.5. The number of benzene rings is 3. The molecule has 2 amide bonds. The highest BCUT2D eigenvalue weighted by Gasteiger charge is 2.13. The number of rotatable bonds is 8. The third kappa shape index (κ3) is 5.81. The average molecular weight is 468 g/mol.